The maximum Gasteiger partial charge on any atom is 0.528 e. The molecule has 1 amide bonds. The van der Waals surface area contributed by atoms with Crippen LogP contribution in [0.15, 0.2) is 45.3 Å². The summed E-state index contributed by atoms with van der Waals surface area (Å²) in [5, 5.41) is 0.714. The minimum absolute atomic E-state index is 0.0974. The third kappa shape index (κ3) is 10.6. The molecular formula is C31H51NO10Si2. The van der Waals surface area contributed by atoms with E-state index in [-0.39, 0.29) is 11.8 Å². The van der Waals surface area contributed by atoms with Gasteiger partial charge >= 0.3 is 29.3 Å². The molecule has 248 valence electrons. The summed E-state index contributed by atoms with van der Waals surface area (Å²) in [6.45, 7) is 11.3. The fraction of sp³-hybridized carbons (Fsp3) is 0.613. The van der Waals surface area contributed by atoms with E-state index < -0.39 is 29.3 Å². The third-order valence-electron chi connectivity index (χ3n) is 7.37. The average molecular weight is 654 g/mol. The minimum atomic E-state index is -2.90. The van der Waals surface area contributed by atoms with Crippen LogP contribution in [0.25, 0.3) is 11.0 Å². The average Bonchev–Trinajstić information content (AvgIpc) is 3.01. The second-order valence-corrected chi connectivity index (χ2v) is 15.7. The number of hydrogen-bond acceptors (Lipinski definition) is 10. The SMILES string of the molecule is CCO[Si](CCCN(C(=O)Oc1c(C)c2ccccc2oc1=O)C(C)CCCCC=C[Si](OC)(OC)OC)(OCC)OCC. The van der Waals surface area contributed by atoms with Crippen molar-refractivity contribution in [3.8, 4) is 5.75 Å². The molecule has 2 rings (SSSR count). The van der Waals surface area contributed by atoms with Gasteiger partial charge in [-0.05, 0) is 72.1 Å². The first-order chi connectivity index (χ1) is 21.1. The van der Waals surface area contributed by atoms with Crippen LogP contribution in [0.1, 0.15) is 65.4 Å². The van der Waals surface area contributed by atoms with Crippen molar-refractivity contribution in [2.24, 2.45) is 0 Å². The molecule has 0 aliphatic heterocycles. The predicted molar refractivity (Wildman–Crippen MR) is 174 cm³/mol. The Kier molecular flexibility index (Phi) is 16.5. The van der Waals surface area contributed by atoms with Gasteiger partial charge < -0.3 is 40.6 Å². The molecule has 0 bridgehead atoms. The number of hydrogen-bond donors (Lipinski definition) is 0. The fourth-order valence-corrected chi connectivity index (χ4v) is 9.01. The molecule has 1 atom stereocenters. The summed E-state index contributed by atoms with van der Waals surface area (Å²) in [6.07, 6.45) is 5.30. The number of carbonyl (C=O) groups is 1. The second kappa shape index (κ2) is 19.2. The molecule has 2 aromatic rings. The summed E-state index contributed by atoms with van der Waals surface area (Å²) in [6, 6.07) is 7.57. The standard InChI is InChI=1S/C31H51NO10Si2/c1-9-38-44(39-10-2,40-11-3)24-18-22-32(25(4)19-14-12-13-17-23-43(35-6,36-7)37-8)31(34)42-29-26(5)27-20-15-16-21-28(27)41-30(29)33/h15-17,20-21,23,25H,9-14,18-19,22,24H2,1-8H3. The molecule has 44 heavy (non-hydrogen) atoms. The van der Waals surface area contributed by atoms with E-state index in [9.17, 15) is 9.59 Å². The molecule has 1 heterocycles. The second-order valence-electron chi connectivity index (χ2n) is 10.2. The number of amides is 1. The molecule has 1 aromatic carbocycles. The zero-order chi connectivity index (χ0) is 32.6. The van der Waals surface area contributed by atoms with Crippen molar-refractivity contribution in [3.63, 3.8) is 0 Å². The molecule has 0 fully saturated rings. The highest BCUT2D eigenvalue weighted by molar-refractivity contribution is 6.66. The van der Waals surface area contributed by atoms with Gasteiger partial charge in [0.2, 0.25) is 5.75 Å². The Morgan fingerprint density at radius 2 is 1.57 bits per heavy atom. The zero-order valence-corrected chi connectivity index (χ0v) is 29.6. The van der Waals surface area contributed by atoms with Crippen LogP contribution in [0.2, 0.25) is 6.04 Å². The lowest BCUT2D eigenvalue weighted by molar-refractivity contribution is 0.0689. The maximum atomic E-state index is 13.7. The van der Waals surface area contributed by atoms with E-state index in [4.69, 9.17) is 35.7 Å². The zero-order valence-electron chi connectivity index (χ0n) is 27.6. The van der Waals surface area contributed by atoms with Crippen LogP contribution < -0.4 is 10.4 Å². The van der Waals surface area contributed by atoms with Crippen LogP contribution in [0.3, 0.4) is 0 Å². The van der Waals surface area contributed by atoms with Crippen LogP contribution in [0.5, 0.6) is 5.75 Å². The first-order valence-electron chi connectivity index (χ1n) is 15.4. The number of carbonyl (C=O) groups excluding carboxylic acids is 1. The quantitative estimate of drug-likeness (QED) is 0.0868. The normalized spacial score (nSPS) is 13.1. The molecule has 0 saturated heterocycles. The summed E-state index contributed by atoms with van der Waals surface area (Å²) in [4.78, 5) is 28.2. The Bertz CT molecular complexity index is 1210. The van der Waals surface area contributed by atoms with Gasteiger partial charge in [0.05, 0.1) is 0 Å². The smallest absolute Gasteiger partial charge is 0.420 e. The van der Waals surface area contributed by atoms with Gasteiger partial charge in [0.25, 0.3) is 0 Å². The van der Waals surface area contributed by atoms with Crippen molar-refractivity contribution < 1.29 is 40.5 Å². The van der Waals surface area contributed by atoms with Crippen molar-refractivity contribution in [2.45, 2.75) is 78.8 Å². The van der Waals surface area contributed by atoms with Crippen LogP contribution in [0, 0.1) is 6.92 Å². The predicted octanol–water partition coefficient (Wildman–Crippen LogP) is 6.26. The first kappa shape index (κ1) is 37.8. The number of aryl methyl sites for hydroxylation is 1. The molecule has 0 N–H and O–H groups in total. The van der Waals surface area contributed by atoms with E-state index in [1.54, 1.807) is 45.3 Å². The molecule has 11 nitrogen and oxygen atoms in total. The third-order valence-corrected chi connectivity index (χ3v) is 12.9. The topological polar surface area (TPSA) is 115 Å². The van der Waals surface area contributed by atoms with Crippen molar-refractivity contribution >= 4 is 34.7 Å². The van der Waals surface area contributed by atoms with Crippen molar-refractivity contribution in [1.29, 1.82) is 0 Å². The Morgan fingerprint density at radius 1 is 0.955 bits per heavy atom. The molecule has 0 aliphatic rings. The van der Waals surface area contributed by atoms with Crippen LogP contribution in [-0.2, 0) is 26.6 Å². The Morgan fingerprint density at radius 3 is 2.16 bits per heavy atom. The molecule has 0 radical (unpaired) electrons. The molecule has 0 saturated carbocycles. The van der Waals surface area contributed by atoms with Gasteiger partial charge in [-0.1, -0.05) is 30.7 Å². The van der Waals surface area contributed by atoms with Gasteiger partial charge in [-0.3, -0.25) is 0 Å². The van der Waals surface area contributed by atoms with Crippen LogP contribution in [0.4, 0.5) is 4.79 Å². The number of ether oxygens (including phenoxy) is 1. The van der Waals surface area contributed by atoms with Gasteiger partial charge in [0.15, 0.2) is 0 Å². The monoisotopic (exact) mass is 653 g/mol. The molecule has 0 aliphatic carbocycles. The number of unbranched alkanes of at least 4 members (excludes halogenated alkanes) is 2. The summed E-state index contributed by atoms with van der Waals surface area (Å²) >= 11 is 0. The fourth-order valence-electron chi connectivity index (χ4n) is 5.05. The molecule has 13 heteroatoms. The lowest BCUT2D eigenvalue weighted by Gasteiger charge is -2.31. The van der Waals surface area contributed by atoms with Crippen molar-refractivity contribution in [1.82, 2.24) is 4.90 Å². The van der Waals surface area contributed by atoms with E-state index in [0.29, 0.717) is 55.4 Å². The Balaban J connectivity index is 2.19. The van der Waals surface area contributed by atoms with Gasteiger partial charge in [0.1, 0.15) is 5.58 Å². The van der Waals surface area contributed by atoms with Crippen molar-refractivity contribution in [2.75, 3.05) is 47.7 Å². The molecule has 1 unspecified atom stereocenters. The lowest BCUT2D eigenvalue weighted by Crippen LogP contribution is -2.47. The van der Waals surface area contributed by atoms with Gasteiger partial charge in [-0.2, -0.15) is 0 Å². The van der Waals surface area contributed by atoms with E-state index in [2.05, 4.69) is 0 Å². The van der Waals surface area contributed by atoms with E-state index >= 15 is 0 Å². The highest BCUT2D eigenvalue weighted by Gasteiger charge is 2.40. The number of fused-ring (bicyclic) bond motifs is 1. The lowest BCUT2D eigenvalue weighted by atomic mass is 10.1. The summed E-state index contributed by atoms with van der Waals surface area (Å²) in [7, 11) is -0.928. The van der Waals surface area contributed by atoms with Gasteiger partial charge in [0, 0.05) is 70.7 Å². The highest BCUT2D eigenvalue weighted by Crippen LogP contribution is 2.25. The summed E-state index contributed by atoms with van der Waals surface area (Å²) < 4.78 is 45.5. The van der Waals surface area contributed by atoms with E-state index in [1.807, 2.05) is 51.6 Å². The maximum absolute atomic E-state index is 13.7. The van der Waals surface area contributed by atoms with Gasteiger partial charge in [-0.15, -0.1) is 0 Å². The highest BCUT2D eigenvalue weighted by atomic mass is 28.4. The van der Waals surface area contributed by atoms with E-state index in [0.717, 1.165) is 25.7 Å². The van der Waals surface area contributed by atoms with Crippen LogP contribution in [-0.4, -0.2) is 82.3 Å². The molecular weight excluding hydrogens is 603 g/mol. The molecule has 0 spiro atoms. The number of para-hydroxylation sites is 1. The van der Waals surface area contributed by atoms with E-state index in [1.165, 1.54) is 0 Å². The Hall–Kier alpha value is -2.37. The van der Waals surface area contributed by atoms with Crippen molar-refractivity contribution in [3.05, 3.63) is 52.0 Å². The number of benzene rings is 1. The summed E-state index contributed by atoms with van der Waals surface area (Å²) in [5.41, 5.74) is 2.19. The molecule has 1 aromatic heterocycles. The largest absolute Gasteiger partial charge is 0.528 e. The first-order valence-corrected chi connectivity index (χ1v) is 19.1. The number of nitrogens with zero attached hydrogens (tertiary/aromatic N) is 1. The van der Waals surface area contributed by atoms with Gasteiger partial charge in [-0.25, -0.2) is 9.59 Å². The van der Waals surface area contributed by atoms with Crippen LogP contribution >= 0.6 is 0 Å². The minimum Gasteiger partial charge on any atom is -0.420 e. The summed E-state index contributed by atoms with van der Waals surface area (Å²) in [5.74, 6) is -0.0974. The number of allylic oxidation sites excluding steroid dienone is 1. The number of rotatable bonds is 21. The Labute approximate surface area is 264 Å².